The van der Waals surface area contributed by atoms with E-state index in [2.05, 4.69) is 16.7 Å². The highest BCUT2D eigenvalue weighted by Crippen LogP contribution is 2.42. The Labute approximate surface area is 187 Å². The van der Waals surface area contributed by atoms with E-state index in [1.54, 1.807) is 13.0 Å². The quantitative estimate of drug-likeness (QED) is 0.659. The molecule has 0 aromatic heterocycles. The third-order valence-corrected chi connectivity index (χ3v) is 6.97. The van der Waals surface area contributed by atoms with Crippen LogP contribution < -0.4 is 4.90 Å². The van der Waals surface area contributed by atoms with Gasteiger partial charge in [-0.25, -0.2) is 4.79 Å². The monoisotopic (exact) mass is 451 g/mol. The number of carbonyl (C=O) groups is 2. The van der Waals surface area contributed by atoms with E-state index < -0.39 is 5.60 Å². The Balaban J connectivity index is 1.48. The fourth-order valence-corrected chi connectivity index (χ4v) is 5.25. The van der Waals surface area contributed by atoms with Crippen LogP contribution in [-0.4, -0.2) is 73.1 Å². The highest BCUT2D eigenvalue weighted by Gasteiger charge is 2.51. The zero-order valence-corrected chi connectivity index (χ0v) is 18.9. The van der Waals surface area contributed by atoms with E-state index in [1.165, 1.54) is 0 Å². The lowest BCUT2D eigenvalue weighted by molar-refractivity contribution is -0.151. The van der Waals surface area contributed by atoms with Crippen molar-refractivity contribution in [2.75, 3.05) is 50.7 Å². The molecule has 1 amide bonds. The minimum Gasteiger partial charge on any atom is -0.450 e. The molecule has 0 radical (unpaired) electrons. The van der Waals surface area contributed by atoms with Gasteiger partial charge in [0.1, 0.15) is 5.60 Å². The molecule has 3 aliphatic rings. The highest BCUT2D eigenvalue weighted by atomic mass is 35.5. The molecule has 162 valence electrons. The average Bonchev–Trinajstić information content (AvgIpc) is 2.97. The van der Waals surface area contributed by atoms with Gasteiger partial charge in [-0.15, -0.1) is 0 Å². The van der Waals surface area contributed by atoms with Crippen molar-refractivity contribution in [2.45, 2.75) is 32.3 Å². The molecule has 6 nitrogen and oxygen atoms in total. The summed E-state index contributed by atoms with van der Waals surface area (Å²) in [5, 5.41) is 1.19. The van der Waals surface area contributed by atoms with Crippen molar-refractivity contribution in [1.82, 2.24) is 9.80 Å². The number of rotatable bonds is 3. The van der Waals surface area contributed by atoms with Gasteiger partial charge in [0.15, 0.2) is 0 Å². The lowest BCUT2D eigenvalue weighted by Gasteiger charge is -2.41. The molecule has 0 saturated carbocycles. The first-order valence-electron chi connectivity index (χ1n) is 10.5. The number of anilines is 1. The zero-order valence-electron chi connectivity index (χ0n) is 17.4. The summed E-state index contributed by atoms with van der Waals surface area (Å²) in [6, 6.07) is 5.48. The van der Waals surface area contributed by atoms with Crippen molar-refractivity contribution >= 4 is 40.8 Å². The minimum absolute atomic E-state index is 0.0629. The molecule has 3 heterocycles. The van der Waals surface area contributed by atoms with Gasteiger partial charge in [0.25, 0.3) is 5.91 Å². The van der Waals surface area contributed by atoms with Crippen LogP contribution in [0.1, 0.15) is 26.7 Å². The maximum absolute atomic E-state index is 13.5. The molecule has 4 rings (SSSR count). The Morgan fingerprint density at radius 3 is 2.20 bits per heavy atom. The van der Waals surface area contributed by atoms with Crippen LogP contribution in [0.3, 0.4) is 0 Å². The molecular weight excluding hydrogens is 425 g/mol. The van der Waals surface area contributed by atoms with E-state index in [9.17, 15) is 9.59 Å². The van der Waals surface area contributed by atoms with Gasteiger partial charge in [0.05, 0.1) is 5.57 Å². The second kappa shape index (κ2) is 8.40. The molecule has 3 aliphatic heterocycles. The minimum atomic E-state index is -0.762. The van der Waals surface area contributed by atoms with Gasteiger partial charge in [-0.3, -0.25) is 4.79 Å². The number of carbonyl (C=O) groups excluding carboxylic acids is 2. The fraction of sp³-hybridized carbons (Fsp3) is 0.545. The van der Waals surface area contributed by atoms with Crippen LogP contribution in [0.2, 0.25) is 10.0 Å². The Kier molecular flexibility index (Phi) is 6.02. The summed E-state index contributed by atoms with van der Waals surface area (Å²) in [4.78, 5) is 32.2. The van der Waals surface area contributed by atoms with Crippen LogP contribution in [0.5, 0.6) is 0 Å². The Morgan fingerprint density at radius 2 is 1.63 bits per heavy atom. The van der Waals surface area contributed by atoms with Gasteiger partial charge < -0.3 is 19.4 Å². The number of likely N-dealkylation sites (tertiary alicyclic amines) is 1. The second-order valence-electron chi connectivity index (χ2n) is 8.22. The van der Waals surface area contributed by atoms with Gasteiger partial charge in [-0.1, -0.05) is 30.1 Å². The maximum atomic E-state index is 13.5. The largest absolute Gasteiger partial charge is 0.450 e. The summed E-state index contributed by atoms with van der Waals surface area (Å²) in [5.41, 5.74) is 1.23. The Hall–Kier alpha value is -1.76. The fourth-order valence-electron chi connectivity index (χ4n) is 4.73. The number of hydrogen-bond acceptors (Lipinski definition) is 5. The van der Waals surface area contributed by atoms with Crippen LogP contribution >= 0.6 is 23.2 Å². The smallest absolute Gasteiger partial charge is 0.335 e. The van der Waals surface area contributed by atoms with E-state index >= 15 is 0 Å². The lowest BCUT2D eigenvalue weighted by atomic mass is 9.82. The number of amides is 1. The standard InChI is InChI=1S/C22H27Cl2N3O3/c1-3-25-6-4-22(5-7-25)19(15(2)21(29)30-22)20(28)27-10-8-26(9-11-27)18-13-16(23)12-17(24)14-18/h12-14H,3-11H2,1-2H3. The van der Waals surface area contributed by atoms with Crippen LogP contribution in [-0.2, 0) is 14.3 Å². The first-order chi connectivity index (χ1) is 14.3. The summed E-state index contributed by atoms with van der Waals surface area (Å²) in [6.07, 6.45) is 1.35. The normalized spacial score (nSPS) is 22.1. The van der Waals surface area contributed by atoms with Gasteiger partial charge in [0.2, 0.25) is 0 Å². The van der Waals surface area contributed by atoms with Crippen LogP contribution in [0, 0.1) is 0 Å². The summed E-state index contributed by atoms with van der Waals surface area (Å²) in [6.45, 7) is 8.98. The first-order valence-corrected chi connectivity index (χ1v) is 11.3. The molecule has 1 aromatic rings. The van der Waals surface area contributed by atoms with Gasteiger partial charge in [-0.05, 0) is 31.7 Å². The molecule has 1 aromatic carbocycles. The molecule has 30 heavy (non-hydrogen) atoms. The van der Waals surface area contributed by atoms with E-state index in [0.717, 1.165) is 25.3 Å². The predicted molar refractivity (Wildman–Crippen MR) is 118 cm³/mol. The predicted octanol–water partition coefficient (Wildman–Crippen LogP) is 3.37. The number of piperazine rings is 1. The summed E-state index contributed by atoms with van der Waals surface area (Å²) < 4.78 is 5.81. The van der Waals surface area contributed by atoms with Gasteiger partial charge in [0, 0.05) is 73.4 Å². The van der Waals surface area contributed by atoms with Gasteiger partial charge >= 0.3 is 5.97 Å². The third-order valence-electron chi connectivity index (χ3n) is 6.53. The van der Waals surface area contributed by atoms with Crippen LogP contribution in [0.4, 0.5) is 5.69 Å². The van der Waals surface area contributed by atoms with Crippen molar-refractivity contribution in [3.8, 4) is 0 Å². The summed E-state index contributed by atoms with van der Waals surface area (Å²) >= 11 is 12.3. The number of halogens is 2. The van der Waals surface area contributed by atoms with Crippen LogP contribution in [0.15, 0.2) is 29.3 Å². The third kappa shape index (κ3) is 3.93. The van der Waals surface area contributed by atoms with Gasteiger partial charge in [-0.2, -0.15) is 0 Å². The van der Waals surface area contributed by atoms with E-state index in [0.29, 0.717) is 60.2 Å². The molecule has 1 spiro atoms. The lowest BCUT2D eigenvalue weighted by Crippen LogP contribution is -2.53. The Morgan fingerprint density at radius 1 is 1.03 bits per heavy atom. The van der Waals surface area contributed by atoms with E-state index in [-0.39, 0.29) is 11.9 Å². The van der Waals surface area contributed by atoms with E-state index in [4.69, 9.17) is 27.9 Å². The first kappa shape index (κ1) is 21.5. The number of nitrogens with zero attached hydrogens (tertiary/aromatic N) is 3. The SMILES string of the molecule is CCN1CCC2(CC1)OC(=O)C(C)=C2C(=O)N1CCN(c2cc(Cl)cc(Cl)c2)CC1. The second-order valence-corrected chi connectivity index (χ2v) is 9.10. The number of hydrogen-bond donors (Lipinski definition) is 0. The molecule has 0 atom stereocenters. The van der Waals surface area contributed by atoms with Crippen molar-refractivity contribution in [3.63, 3.8) is 0 Å². The molecule has 2 fully saturated rings. The topological polar surface area (TPSA) is 53.1 Å². The zero-order chi connectivity index (χ0) is 21.5. The summed E-state index contributed by atoms with van der Waals surface area (Å²) in [7, 11) is 0. The van der Waals surface area contributed by atoms with Crippen molar-refractivity contribution in [2.24, 2.45) is 0 Å². The molecule has 0 N–H and O–H groups in total. The highest BCUT2D eigenvalue weighted by molar-refractivity contribution is 6.35. The van der Waals surface area contributed by atoms with Crippen molar-refractivity contribution in [1.29, 1.82) is 0 Å². The number of piperidine rings is 1. The van der Waals surface area contributed by atoms with E-state index in [1.807, 2.05) is 17.0 Å². The molecule has 0 unspecified atom stereocenters. The average molecular weight is 452 g/mol. The molecule has 0 bridgehead atoms. The maximum Gasteiger partial charge on any atom is 0.335 e. The Bertz CT molecular complexity index is 865. The number of esters is 1. The van der Waals surface area contributed by atoms with Crippen LogP contribution in [0.25, 0.3) is 0 Å². The summed E-state index contributed by atoms with van der Waals surface area (Å²) in [5.74, 6) is -0.414. The molecule has 0 aliphatic carbocycles. The molecule has 8 heteroatoms. The molecule has 2 saturated heterocycles. The molecular formula is C22H27Cl2N3O3. The van der Waals surface area contributed by atoms with Crippen molar-refractivity contribution in [3.05, 3.63) is 39.4 Å². The van der Waals surface area contributed by atoms with Crippen molar-refractivity contribution < 1.29 is 14.3 Å². The number of ether oxygens (including phenoxy) is 1. The number of benzene rings is 1.